The lowest BCUT2D eigenvalue weighted by atomic mass is 9.68. The second-order valence-electron chi connectivity index (χ2n) is 22.2. The van der Waals surface area contributed by atoms with Crippen molar-refractivity contribution in [3.8, 4) is 16.9 Å². The fraction of sp³-hybridized carbons (Fsp3) is 0.774. The Morgan fingerprint density at radius 1 is 0.972 bits per heavy atom. The molecule has 3 aromatic rings. The molecule has 406 valence electrons. The second kappa shape index (κ2) is 24.4. The fourth-order valence-electron chi connectivity index (χ4n) is 11.8. The highest BCUT2D eigenvalue weighted by molar-refractivity contribution is 5.73. The van der Waals surface area contributed by atoms with Crippen molar-refractivity contribution in [2.24, 2.45) is 23.7 Å². The molecule has 18 atom stereocenters. The highest BCUT2D eigenvalue weighted by Crippen LogP contribution is 2.45. The molecule has 0 bridgehead atoms. The van der Waals surface area contributed by atoms with Gasteiger partial charge in [-0.3, -0.25) is 14.6 Å². The number of aryl methyl sites for hydroxylation is 1. The van der Waals surface area contributed by atoms with Crippen molar-refractivity contribution < 1.29 is 58.7 Å². The monoisotopic (exact) mass is 1010 g/mol. The molecular weight excluding hydrogens is 927 g/mol. The van der Waals surface area contributed by atoms with Gasteiger partial charge < -0.3 is 63.8 Å². The van der Waals surface area contributed by atoms with E-state index in [0.717, 1.165) is 29.0 Å². The Morgan fingerprint density at radius 3 is 2.33 bits per heavy atom. The Morgan fingerprint density at radius 2 is 1.68 bits per heavy atom. The van der Waals surface area contributed by atoms with E-state index in [1.165, 1.54) is 14.0 Å². The molecule has 0 radical (unpaired) electrons. The van der Waals surface area contributed by atoms with Crippen LogP contribution in [-0.2, 0) is 41.4 Å². The van der Waals surface area contributed by atoms with Crippen LogP contribution in [0.25, 0.3) is 11.1 Å². The molecule has 3 aliphatic rings. The summed E-state index contributed by atoms with van der Waals surface area (Å²) in [4.78, 5) is 18.6. The third kappa shape index (κ3) is 13.4. The van der Waals surface area contributed by atoms with Crippen molar-refractivity contribution in [1.29, 1.82) is 0 Å². The zero-order chi connectivity index (χ0) is 52.9. The predicted molar refractivity (Wildman–Crippen MR) is 270 cm³/mol. The number of aliphatic hydroxyl groups excluding tert-OH is 3. The molecule has 72 heavy (non-hydrogen) atoms. The molecule has 1 aromatic carbocycles. The molecule has 19 nitrogen and oxygen atoms in total. The Labute approximate surface area is 426 Å². The minimum absolute atomic E-state index is 0.167. The Kier molecular flexibility index (Phi) is 19.5. The van der Waals surface area contributed by atoms with Crippen LogP contribution in [0.2, 0.25) is 0 Å². The van der Waals surface area contributed by atoms with Crippen LogP contribution in [0, 0.1) is 23.7 Å². The zero-order valence-electron chi connectivity index (χ0n) is 45.0. The van der Waals surface area contributed by atoms with E-state index in [1.54, 1.807) is 33.9 Å². The molecule has 3 aliphatic heterocycles. The van der Waals surface area contributed by atoms with Crippen LogP contribution in [0.1, 0.15) is 107 Å². The number of carbonyl (C=O) groups excluding carboxylic acids is 1. The van der Waals surface area contributed by atoms with Gasteiger partial charge >= 0.3 is 5.97 Å². The smallest absolute Gasteiger partial charge is 0.309 e. The van der Waals surface area contributed by atoms with E-state index < -0.39 is 102 Å². The molecular formula is C53H87N7O12. The fourth-order valence-corrected chi connectivity index (χ4v) is 11.8. The molecule has 0 spiro atoms. The van der Waals surface area contributed by atoms with Crippen molar-refractivity contribution in [3.63, 3.8) is 0 Å². The SMILES string of the molecule is CC[C@H]1OC(=O)[C@H](C)[C@@H](C2C[C@@](C)(OC)[C@@H](O)[C@H](C)O2)[C@H](C)[C@@H](O[C@@H]2O[C@H](C)C[C@H](N(C)CCc3cn(CCCOc4ccc(-c5cn[nH]c5)cc4)nn3)[C@H]2O)[C@](C)(O)C[C@@H](C)CN(C)[C@H](C)[C@@H](O)[C@]1(C)O. The van der Waals surface area contributed by atoms with Gasteiger partial charge in [0, 0.05) is 82.0 Å². The van der Waals surface area contributed by atoms with E-state index in [0.29, 0.717) is 39.1 Å². The Hall–Kier alpha value is -3.60. The van der Waals surface area contributed by atoms with E-state index in [4.69, 9.17) is 28.4 Å². The van der Waals surface area contributed by atoms with Crippen LogP contribution in [0.3, 0.4) is 0 Å². The van der Waals surface area contributed by atoms with E-state index in [2.05, 4.69) is 25.4 Å². The molecule has 6 N–H and O–H groups in total. The number of H-pyrrole nitrogens is 1. The lowest BCUT2D eigenvalue weighted by Gasteiger charge is -2.51. The lowest BCUT2D eigenvalue weighted by molar-refractivity contribution is -0.302. The summed E-state index contributed by atoms with van der Waals surface area (Å²) in [5.41, 5.74) is -1.56. The number of cyclic esters (lactones) is 1. The summed E-state index contributed by atoms with van der Waals surface area (Å²) >= 11 is 0. The average molecular weight is 1010 g/mol. The molecule has 5 heterocycles. The number of nitrogens with one attached hydrogen (secondary N) is 1. The molecule has 0 saturated carbocycles. The van der Waals surface area contributed by atoms with Crippen LogP contribution in [-0.4, -0.2) is 191 Å². The average Bonchev–Trinajstić information content (AvgIpc) is 4.05. The first-order valence-corrected chi connectivity index (χ1v) is 26.1. The zero-order valence-corrected chi connectivity index (χ0v) is 45.0. The number of ether oxygens (including phenoxy) is 6. The summed E-state index contributed by atoms with van der Waals surface area (Å²) in [5.74, 6) is -2.32. The number of hydrogen-bond acceptors (Lipinski definition) is 17. The van der Waals surface area contributed by atoms with Crippen LogP contribution in [0.15, 0.2) is 42.9 Å². The third-order valence-electron chi connectivity index (χ3n) is 16.3. The Balaban J connectivity index is 1.20. The van der Waals surface area contributed by atoms with Gasteiger partial charge in [-0.1, -0.05) is 45.0 Å². The predicted octanol–water partition coefficient (Wildman–Crippen LogP) is 4.24. The van der Waals surface area contributed by atoms with Gasteiger partial charge in [-0.15, -0.1) is 5.10 Å². The maximum atomic E-state index is 14.6. The van der Waals surface area contributed by atoms with Crippen molar-refractivity contribution in [3.05, 3.63) is 48.5 Å². The number of hydrogen-bond donors (Lipinski definition) is 6. The number of methoxy groups -OCH3 is 1. The first kappa shape index (κ1) is 57.7. The van der Waals surface area contributed by atoms with Crippen molar-refractivity contribution in [2.75, 3.05) is 40.9 Å². The Bertz CT molecular complexity index is 2130. The van der Waals surface area contributed by atoms with Crippen LogP contribution in [0.4, 0.5) is 0 Å². The summed E-state index contributed by atoms with van der Waals surface area (Å²) < 4.78 is 40.0. The maximum Gasteiger partial charge on any atom is 0.309 e. The lowest BCUT2D eigenvalue weighted by Crippen LogP contribution is -2.62. The summed E-state index contributed by atoms with van der Waals surface area (Å²) in [7, 11) is 5.35. The molecule has 3 saturated heterocycles. The minimum Gasteiger partial charge on any atom is -0.494 e. The molecule has 0 amide bonds. The summed E-state index contributed by atoms with van der Waals surface area (Å²) in [5, 5.41) is 75.7. The molecule has 1 unspecified atom stereocenters. The maximum absolute atomic E-state index is 14.6. The number of aromatic nitrogens is 5. The first-order valence-electron chi connectivity index (χ1n) is 26.1. The van der Waals surface area contributed by atoms with E-state index in [-0.39, 0.29) is 31.3 Å². The van der Waals surface area contributed by atoms with E-state index >= 15 is 0 Å². The van der Waals surface area contributed by atoms with Crippen LogP contribution < -0.4 is 4.74 Å². The first-order chi connectivity index (χ1) is 33.9. The summed E-state index contributed by atoms with van der Waals surface area (Å²) in [6, 6.07) is 6.95. The topological polar surface area (TPSA) is 239 Å². The van der Waals surface area contributed by atoms with Gasteiger partial charge in [0.2, 0.25) is 0 Å². The van der Waals surface area contributed by atoms with Gasteiger partial charge in [-0.25, -0.2) is 0 Å². The van der Waals surface area contributed by atoms with Crippen molar-refractivity contribution >= 4 is 5.97 Å². The van der Waals surface area contributed by atoms with Crippen molar-refractivity contribution in [2.45, 2.75) is 198 Å². The quantitative estimate of drug-likeness (QED) is 0.0922. The van der Waals surface area contributed by atoms with Crippen LogP contribution >= 0.6 is 0 Å². The van der Waals surface area contributed by atoms with Crippen molar-refractivity contribution in [1.82, 2.24) is 35.0 Å². The summed E-state index contributed by atoms with van der Waals surface area (Å²) in [6.07, 6.45) is -0.379. The second-order valence-corrected chi connectivity index (χ2v) is 22.2. The van der Waals surface area contributed by atoms with Crippen LogP contribution in [0.5, 0.6) is 5.75 Å². The van der Waals surface area contributed by atoms with Gasteiger partial charge in [0.25, 0.3) is 0 Å². The van der Waals surface area contributed by atoms with Gasteiger partial charge in [0.05, 0.1) is 60.0 Å². The van der Waals surface area contributed by atoms with Gasteiger partial charge in [-0.05, 0) is 104 Å². The number of likely N-dealkylation sites (N-methyl/N-ethyl adjacent to an activating group) is 2. The molecule has 0 aliphatic carbocycles. The van der Waals surface area contributed by atoms with Gasteiger partial charge in [-0.2, -0.15) is 5.10 Å². The van der Waals surface area contributed by atoms with Gasteiger partial charge in [0.15, 0.2) is 6.29 Å². The number of aromatic amines is 1. The van der Waals surface area contributed by atoms with Gasteiger partial charge in [0.1, 0.15) is 35.8 Å². The normalized spacial score (nSPS) is 39.0. The van der Waals surface area contributed by atoms with E-state index in [9.17, 15) is 30.3 Å². The molecule has 19 heteroatoms. The molecule has 2 aromatic heterocycles. The number of carbonyl (C=O) groups is 1. The minimum atomic E-state index is -1.81. The number of benzene rings is 1. The molecule has 3 fully saturated rings. The highest BCUT2D eigenvalue weighted by atomic mass is 16.7. The number of aliphatic hydroxyl groups is 5. The highest BCUT2D eigenvalue weighted by Gasteiger charge is 2.55. The molecule has 6 rings (SSSR count). The number of nitrogens with zero attached hydrogens (tertiary/aromatic N) is 6. The standard InChI is InChI=1S/C53H87N7O12/c1-14-43-53(10,66)46(62)35(6)59(12)29-31(2)25-51(8,65)48(33(4)44(34(5)49(64)71-43)42-26-52(9,67-13)47(63)36(7)70-42)72-50-45(61)41(24-32(3)69-50)58(11)22-20-39-30-60(57-56-39)21-15-23-68-40-18-16-37(17-19-40)38-27-54-55-28-38/h16-19,27-28,30-36,41-48,50,61-63,65-66H,14-15,20-26,29H2,1-13H3,(H,54,55)/t31-,32-,33+,34-,35-,36+,41+,42?,43-,44+,45-,46-,47+,48-,50+,51-,52-,53-/m1/s1. The number of esters is 1. The van der Waals surface area contributed by atoms with E-state index in [1.807, 2.05) is 95.0 Å². The third-order valence-corrected chi connectivity index (χ3v) is 16.3. The number of rotatable bonds is 15. The largest absolute Gasteiger partial charge is 0.494 e. The summed E-state index contributed by atoms with van der Waals surface area (Å²) in [6.45, 7) is 20.2.